The third-order valence-electron chi connectivity index (χ3n) is 4.71. The fourth-order valence-corrected chi connectivity index (χ4v) is 3.47. The molecule has 1 aliphatic rings. The molecule has 0 spiro atoms. The van der Waals surface area contributed by atoms with Gasteiger partial charge in [0.15, 0.2) is 6.61 Å². The summed E-state index contributed by atoms with van der Waals surface area (Å²) >= 11 is 5.93. The van der Waals surface area contributed by atoms with Crippen molar-refractivity contribution in [2.24, 2.45) is 0 Å². The predicted octanol–water partition coefficient (Wildman–Crippen LogP) is 3.36. The minimum absolute atomic E-state index is 0.0958. The molecular weight excluding hydrogens is 383 g/mol. The molecule has 1 aliphatic heterocycles. The Morgan fingerprint density at radius 2 is 2.07 bits per heavy atom. The first-order valence-corrected chi connectivity index (χ1v) is 9.63. The number of ether oxygens (including phenoxy) is 2. The van der Waals surface area contributed by atoms with Crippen LogP contribution in [0.4, 0.5) is 4.39 Å². The van der Waals surface area contributed by atoms with Gasteiger partial charge in [-0.3, -0.25) is 9.69 Å². The van der Waals surface area contributed by atoms with Crippen molar-refractivity contribution in [2.45, 2.75) is 13.0 Å². The molecule has 0 bridgehead atoms. The van der Waals surface area contributed by atoms with Gasteiger partial charge in [0.1, 0.15) is 11.6 Å². The quantitative estimate of drug-likeness (QED) is 0.766. The highest BCUT2D eigenvalue weighted by Crippen LogP contribution is 2.23. The minimum Gasteiger partial charge on any atom is -0.484 e. The van der Waals surface area contributed by atoms with Crippen LogP contribution in [0.5, 0.6) is 5.75 Å². The predicted molar refractivity (Wildman–Crippen MR) is 106 cm³/mol. The molecule has 0 aromatic heterocycles. The number of halogens is 2. The second kappa shape index (κ2) is 9.87. The fraction of sp³-hybridized carbons (Fsp3) is 0.381. The second-order valence-electron chi connectivity index (χ2n) is 6.72. The van der Waals surface area contributed by atoms with Crippen LogP contribution in [0.1, 0.15) is 17.2 Å². The molecule has 3 rings (SSSR count). The number of morpholine rings is 1. The molecule has 1 unspecified atom stereocenters. The Bertz CT molecular complexity index is 812. The molecule has 1 heterocycles. The number of nitrogens with one attached hydrogen (secondary N) is 1. The van der Waals surface area contributed by atoms with Gasteiger partial charge in [-0.2, -0.15) is 0 Å². The highest BCUT2D eigenvalue weighted by atomic mass is 35.5. The van der Waals surface area contributed by atoms with E-state index < -0.39 is 0 Å². The number of hydrogen-bond acceptors (Lipinski definition) is 4. The van der Waals surface area contributed by atoms with Crippen LogP contribution in [0.3, 0.4) is 0 Å². The van der Waals surface area contributed by atoms with Crippen LogP contribution < -0.4 is 10.1 Å². The van der Waals surface area contributed by atoms with Crippen LogP contribution in [0.2, 0.25) is 5.02 Å². The van der Waals surface area contributed by atoms with E-state index in [2.05, 4.69) is 10.2 Å². The minimum atomic E-state index is -0.288. The summed E-state index contributed by atoms with van der Waals surface area (Å²) in [5, 5.41) is 3.53. The third-order valence-corrected chi connectivity index (χ3v) is 4.94. The van der Waals surface area contributed by atoms with E-state index in [9.17, 15) is 9.18 Å². The van der Waals surface area contributed by atoms with Crippen LogP contribution in [0, 0.1) is 12.7 Å². The molecule has 150 valence electrons. The average molecular weight is 407 g/mol. The smallest absolute Gasteiger partial charge is 0.258 e. The molecule has 7 heteroatoms. The Morgan fingerprint density at radius 3 is 2.79 bits per heavy atom. The lowest BCUT2D eigenvalue weighted by atomic mass is 10.0. The number of hydrogen-bond donors (Lipinski definition) is 1. The first-order chi connectivity index (χ1) is 13.5. The highest BCUT2D eigenvalue weighted by Gasteiger charge is 2.23. The molecule has 28 heavy (non-hydrogen) atoms. The zero-order valence-corrected chi connectivity index (χ0v) is 16.5. The zero-order valence-electron chi connectivity index (χ0n) is 15.8. The Morgan fingerprint density at radius 1 is 1.29 bits per heavy atom. The van der Waals surface area contributed by atoms with Gasteiger partial charge in [-0.25, -0.2) is 4.39 Å². The van der Waals surface area contributed by atoms with E-state index in [-0.39, 0.29) is 24.4 Å². The summed E-state index contributed by atoms with van der Waals surface area (Å²) in [5.41, 5.74) is 1.70. The molecular formula is C21H24ClFN2O3. The lowest BCUT2D eigenvalue weighted by Gasteiger charge is -2.35. The number of carbonyl (C=O) groups excluding carboxylic acids is 1. The van der Waals surface area contributed by atoms with Crippen molar-refractivity contribution in [3.63, 3.8) is 0 Å². The van der Waals surface area contributed by atoms with Gasteiger partial charge in [0.2, 0.25) is 0 Å². The summed E-state index contributed by atoms with van der Waals surface area (Å²) < 4.78 is 24.7. The third kappa shape index (κ3) is 5.67. The van der Waals surface area contributed by atoms with Gasteiger partial charge in [0.05, 0.1) is 19.3 Å². The van der Waals surface area contributed by atoms with E-state index in [1.54, 1.807) is 24.3 Å². The van der Waals surface area contributed by atoms with Crippen molar-refractivity contribution in [1.82, 2.24) is 10.2 Å². The Balaban J connectivity index is 1.60. The molecule has 1 amide bonds. The van der Waals surface area contributed by atoms with Crippen molar-refractivity contribution < 1.29 is 18.7 Å². The van der Waals surface area contributed by atoms with Gasteiger partial charge in [0, 0.05) is 24.7 Å². The number of carbonyl (C=O) groups is 1. The lowest BCUT2D eigenvalue weighted by molar-refractivity contribution is -0.123. The van der Waals surface area contributed by atoms with Gasteiger partial charge in [-0.15, -0.1) is 0 Å². The first-order valence-electron chi connectivity index (χ1n) is 9.26. The summed E-state index contributed by atoms with van der Waals surface area (Å²) in [6.45, 7) is 4.86. The van der Waals surface area contributed by atoms with Gasteiger partial charge in [-0.05, 0) is 48.4 Å². The van der Waals surface area contributed by atoms with Gasteiger partial charge in [0.25, 0.3) is 5.91 Å². The molecule has 1 N–H and O–H groups in total. The van der Waals surface area contributed by atoms with E-state index >= 15 is 0 Å². The summed E-state index contributed by atoms with van der Waals surface area (Å²) in [7, 11) is 0. The SMILES string of the molecule is Cc1cc(Cl)ccc1OCC(=O)NCC(c1cccc(F)c1)N1CCOCC1. The maximum Gasteiger partial charge on any atom is 0.258 e. The lowest BCUT2D eigenvalue weighted by Crippen LogP contribution is -2.44. The van der Waals surface area contributed by atoms with Crippen LogP contribution >= 0.6 is 11.6 Å². The molecule has 2 aromatic carbocycles. The molecule has 0 saturated carbocycles. The number of aryl methyl sites for hydroxylation is 1. The Kier molecular flexibility index (Phi) is 7.25. The average Bonchev–Trinajstić information content (AvgIpc) is 2.68. The molecule has 5 nitrogen and oxygen atoms in total. The molecule has 0 radical (unpaired) electrons. The van der Waals surface area contributed by atoms with Crippen molar-refractivity contribution in [3.8, 4) is 5.75 Å². The van der Waals surface area contributed by atoms with Crippen LogP contribution in [-0.4, -0.2) is 50.3 Å². The summed E-state index contributed by atoms with van der Waals surface area (Å²) in [4.78, 5) is 14.5. The van der Waals surface area contributed by atoms with Crippen LogP contribution in [-0.2, 0) is 9.53 Å². The maximum atomic E-state index is 13.7. The van der Waals surface area contributed by atoms with Crippen molar-refractivity contribution >= 4 is 17.5 Å². The van der Waals surface area contributed by atoms with E-state index in [0.29, 0.717) is 30.5 Å². The Labute approximate surface area is 169 Å². The number of rotatable bonds is 7. The van der Waals surface area contributed by atoms with Gasteiger partial charge in [-0.1, -0.05) is 23.7 Å². The zero-order chi connectivity index (χ0) is 19.9. The van der Waals surface area contributed by atoms with E-state index in [0.717, 1.165) is 24.2 Å². The number of benzene rings is 2. The molecule has 0 aliphatic carbocycles. The highest BCUT2D eigenvalue weighted by molar-refractivity contribution is 6.30. The van der Waals surface area contributed by atoms with E-state index in [4.69, 9.17) is 21.1 Å². The van der Waals surface area contributed by atoms with Crippen LogP contribution in [0.15, 0.2) is 42.5 Å². The molecule has 1 fully saturated rings. The topological polar surface area (TPSA) is 50.8 Å². The van der Waals surface area contributed by atoms with Crippen LogP contribution in [0.25, 0.3) is 0 Å². The normalized spacial score (nSPS) is 15.8. The molecule has 2 aromatic rings. The fourth-order valence-electron chi connectivity index (χ4n) is 3.24. The monoisotopic (exact) mass is 406 g/mol. The summed E-state index contributed by atoms with van der Waals surface area (Å²) in [6, 6.07) is 11.6. The van der Waals surface area contributed by atoms with Crippen molar-refractivity contribution in [3.05, 3.63) is 64.4 Å². The van der Waals surface area contributed by atoms with Crippen molar-refractivity contribution in [1.29, 1.82) is 0 Å². The maximum absolute atomic E-state index is 13.7. The number of amides is 1. The second-order valence-corrected chi connectivity index (χ2v) is 7.16. The van der Waals surface area contributed by atoms with Gasteiger partial charge < -0.3 is 14.8 Å². The first kappa shape index (κ1) is 20.6. The molecule has 1 atom stereocenters. The van der Waals surface area contributed by atoms with Crippen molar-refractivity contribution in [2.75, 3.05) is 39.5 Å². The standard InChI is InChI=1S/C21H24ClFN2O3/c1-15-11-17(22)5-6-20(15)28-14-21(26)24-13-19(25-7-9-27-10-8-25)16-3-2-4-18(23)12-16/h2-6,11-12,19H,7-10,13-14H2,1H3,(H,24,26). The van der Waals surface area contributed by atoms with Gasteiger partial charge >= 0.3 is 0 Å². The van der Waals surface area contributed by atoms with E-state index in [1.165, 1.54) is 12.1 Å². The van der Waals surface area contributed by atoms with E-state index in [1.807, 2.05) is 13.0 Å². The Hall–Kier alpha value is -2.15. The number of nitrogens with zero attached hydrogens (tertiary/aromatic N) is 1. The molecule has 1 saturated heterocycles. The summed E-state index contributed by atoms with van der Waals surface area (Å²) in [5.74, 6) is 0.0991. The largest absolute Gasteiger partial charge is 0.484 e. The summed E-state index contributed by atoms with van der Waals surface area (Å²) in [6.07, 6.45) is 0.